The molecule has 0 unspecified atom stereocenters. The third-order valence-electron chi connectivity index (χ3n) is 3.29. The largest absolute Gasteiger partial charge is 0.454 e. The van der Waals surface area contributed by atoms with Crippen molar-refractivity contribution in [3.8, 4) is 11.5 Å². The number of benzene rings is 2. The SMILES string of the molecule is Fc1cc(CNC2CC2)ccc1Oc1ccc(Cl)c(Cl)c1. The highest BCUT2D eigenvalue weighted by Gasteiger charge is 2.20. The van der Waals surface area contributed by atoms with Gasteiger partial charge in [0.2, 0.25) is 0 Å². The van der Waals surface area contributed by atoms with Gasteiger partial charge >= 0.3 is 0 Å². The van der Waals surface area contributed by atoms with Crippen LogP contribution in [0.2, 0.25) is 10.0 Å². The standard InChI is InChI=1S/C16H14Cl2FNO/c17-13-5-4-12(8-14(13)18)21-16-6-1-10(7-15(16)19)9-20-11-2-3-11/h1,4-8,11,20H,2-3,9H2. The fraction of sp³-hybridized carbons (Fsp3) is 0.250. The first-order valence-corrected chi connectivity index (χ1v) is 7.52. The first-order valence-electron chi connectivity index (χ1n) is 6.76. The zero-order chi connectivity index (χ0) is 14.8. The Morgan fingerprint density at radius 1 is 1.10 bits per heavy atom. The summed E-state index contributed by atoms with van der Waals surface area (Å²) >= 11 is 11.7. The molecule has 1 fully saturated rings. The van der Waals surface area contributed by atoms with Gasteiger partial charge in [-0.3, -0.25) is 0 Å². The molecular weight excluding hydrogens is 312 g/mol. The number of nitrogens with one attached hydrogen (secondary N) is 1. The number of rotatable bonds is 5. The van der Waals surface area contributed by atoms with Gasteiger partial charge in [0.05, 0.1) is 10.0 Å². The molecule has 0 saturated heterocycles. The van der Waals surface area contributed by atoms with Crippen molar-refractivity contribution in [2.45, 2.75) is 25.4 Å². The van der Waals surface area contributed by atoms with E-state index in [1.807, 2.05) is 6.07 Å². The summed E-state index contributed by atoms with van der Waals surface area (Å²) in [5.74, 6) is 0.229. The van der Waals surface area contributed by atoms with Crippen LogP contribution >= 0.6 is 23.2 Å². The minimum atomic E-state index is -0.392. The first-order chi connectivity index (χ1) is 10.1. The maximum absolute atomic E-state index is 14.0. The van der Waals surface area contributed by atoms with Crippen LogP contribution in [0.1, 0.15) is 18.4 Å². The molecule has 2 nitrogen and oxygen atoms in total. The van der Waals surface area contributed by atoms with E-state index in [2.05, 4.69) is 5.32 Å². The van der Waals surface area contributed by atoms with Crippen LogP contribution in [0.25, 0.3) is 0 Å². The van der Waals surface area contributed by atoms with E-state index >= 15 is 0 Å². The second kappa shape index (κ2) is 6.22. The van der Waals surface area contributed by atoms with Gasteiger partial charge in [0.25, 0.3) is 0 Å². The molecule has 0 amide bonds. The summed E-state index contributed by atoms with van der Waals surface area (Å²) in [4.78, 5) is 0. The third kappa shape index (κ3) is 3.88. The Morgan fingerprint density at radius 3 is 2.57 bits per heavy atom. The molecule has 0 bridgehead atoms. The molecule has 1 aliphatic carbocycles. The van der Waals surface area contributed by atoms with E-state index < -0.39 is 5.82 Å². The zero-order valence-corrected chi connectivity index (χ0v) is 12.7. The van der Waals surface area contributed by atoms with E-state index in [4.69, 9.17) is 27.9 Å². The number of hydrogen-bond acceptors (Lipinski definition) is 2. The Hall–Kier alpha value is -1.29. The quantitative estimate of drug-likeness (QED) is 0.818. The zero-order valence-electron chi connectivity index (χ0n) is 11.2. The molecule has 5 heteroatoms. The molecule has 1 saturated carbocycles. The topological polar surface area (TPSA) is 21.3 Å². The van der Waals surface area contributed by atoms with E-state index in [-0.39, 0.29) is 5.75 Å². The van der Waals surface area contributed by atoms with Crippen LogP contribution in [0.15, 0.2) is 36.4 Å². The fourth-order valence-corrected chi connectivity index (χ4v) is 2.24. The lowest BCUT2D eigenvalue weighted by Gasteiger charge is -2.09. The fourth-order valence-electron chi connectivity index (χ4n) is 1.95. The Balaban J connectivity index is 1.70. The molecule has 3 rings (SSSR count). The van der Waals surface area contributed by atoms with Gasteiger partial charge in [0, 0.05) is 18.7 Å². The smallest absolute Gasteiger partial charge is 0.166 e. The van der Waals surface area contributed by atoms with Crippen molar-refractivity contribution in [3.63, 3.8) is 0 Å². The molecule has 2 aromatic rings. The number of hydrogen-bond donors (Lipinski definition) is 1. The van der Waals surface area contributed by atoms with Crippen LogP contribution in [0.5, 0.6) is 11.5 Å². The molecule has 110 valence electrons. The van der Waals surface area contributed by atoms with E-state index in [0.717, 1.165) is 5.56 Å². The van der Waals surface area contributed by atoms with Crippen LogP contribution in [0.3, 0.4) is 0 Å². The minimum absolute atomic E-state index is 0.170. The third-order valence-corrected chi connectivity index (χ3v) is 4.03. The molecule has 0 atom stereocenters. The van der Waals surface area contributed by atoms with Crippen molar-refractivity contribution in [1.82, 2.24) is 5.32 Å². The highest BCUT2D eigenvalue weighted by molar-refractivity contribution is 6.42. The lowest BCUT2D eigenvalue weighted by Crippen LogP contribution is -2.15. The van der Waals surface area contributed by atoms with Crippen molar-refractivity contribution in [3.05, 3.63) is 57.8 Å². The van der Waals surface area contributed by atoms with Crippen molar-refractivity contribution in [2.75, 3.05) is 0 Å². The predicted molar refractivity (Wildman–Crippen MR) is 82.8 cm³/mol. The number of ether oxygens (including phenoxy) is 1. The lowest BCUT2D eigenvalue weighted by atomic mass is 10.2. The average Bonchev–Trinajstić information content (AvgIpc) is 3.27. The van der Waals surface area contributed by atoms with Gasteiger partial charge in [-0.15, -0.1) is 0 Å². The monoisotopic (exact) mass is 325 g/mol. The van der Waals surface area contributed by atoms with E-state index in [1.165, 1.54) is 18.9 Å². The molecule has 1 N–H and O–H groups in total. The van der Waals surface area contributed by atoms with Crippen molar-refractivity contribution < 1.29 is 9.13 Å². The minimum Gasteiger partial charge on any atom is -0.454 e. The Labute approximate surface area is 132 Å². The second-order valence-corrected chi connectivity index (χ2v) is 5.91. The van der Waals surface area contributed by atoms with Crippen LogP contribution in [-0.2, 0) is 6.54 Å². The molecule has 0 aliphatic heterocycles. The Bertz CT molecular complexity index is 659. The van der Waals surface area contributed by atoms with Crippen LogP contribution < -0.4 is 10.1 Å². The molecule has 0 heterocycles. The van der Waals surface area contributed by atoms with Crippen LogP contribution in [-0.4, -0.2) is 6.04 Å². The van der Waals surface area contributed by atoms with E-state index in [9.17, 15) is 4.39 Å². The molecule has 0 spiro atoms. The van der Waals surface area contributed by atoms with Crippen molar-refractivity contribution in [2.24, 2.45) is 0 Å². The van der Waals surface area contributed by atoms with Gasteiger partial charge in [-0.1, -0.05) is 29.3 Å². The van der Waals surface area contributed by atoms with Crippen LogP contribution in [0.4, 0.5) is 4.39 Å². The van der Waals surface area contributed by atoms with Crippen LogP contribution in [0, 0.1) is 5.82 Å². The van der Waals surface area contributed by atoms with Gasteiger partial charge in [0.1, 0.15) is 5.75 Å². The molecule has 0 radical (unpaired) electrons. The second-order valence-electron chi connectivity index (χ2n) is 5.10. The molecular formula is C16H14Cl2FNO. The van der Waals surface area contributed by atoms with E-state index in [0.29, 0.717) is 28.4 Å². The van der Waals surface area contributed by atoms with Crippen molar-refractivity contribution >= 4 is 23.2 Å². The van der Waals surface area contributed by atoms with Gasteiger partial charge < -0.3 is 10.1 Å². The normalized spacial score (nSPS) is 14.2. The Morgan fingerprint density at radius 2 is 1.90 bits per heavy atom. The highest BCUT2D eigenvalue weighted by Crippen LogP contribution is 2.31. The van der Waals surface area contributed by atoms with Gasteiger partial charge in [0.15, 0.2) is 11.6 Å². The van der Waals surface area contributed by atoms with Crippen molar-refractivity contribution in [1.29, 1.82) is 0 Å². The Kier molecular flexibility index (Phi) is 4.34. The molecule has 2 aromatic carbocycles. The lowest BCUT2D eigenvalue weighted by molar-refractivity contribution is 0.441. The van der Waals surface area contributed by atoms with Gasteiger partial charge in [-0.2, -0.15) is 0 Å². The predicted octanol–water partition coefficient (Wildman–Crippen LogP) is 5.18. The summed E-state index contributed by atoms with van der Waals surface area (Å²) in [6.45, 7) is 0.675. The average molecular weight is 326 g/mol. The summed E-state index contributed by atoms with van der Waals surface area (Å²) < 4.78 is 19.5. The molecule has 1 aliphatic rings. The first kappa shape index (κ1) is 14.6. The highest BCUT2D eigenvalue weighted by atomic mass is 35.5. The number of halogens is 3. The maximum Gasteiger partial charge on any atom is 0.166 e. The summed E-state index contributed by atoms with van der Waals surface area (Å²) in [6, 6.07) is 10.4. The molecule has 0 aromatic heterocycles. The summed E-state index contributed by atoms with van der Waals surface area (Å²) in [7, 11) is 0. The van der Waals surface area contributed by atoms with E-state index in [1.54, 1.807) is 24.3 Å². The summed E-state index contributed by atoms with van der Waals surface area (Å²) in [5, 5.41) is 4.15. The summed E-state index contributed by atoms with van der Waals surface area (Å²) in [5.41, 5.74) is 0.904. The molecule has 21 heavy (non-hydrogen) atoms. The van der Waals surface area contributed by atoms with Gasteiger partial charge in [-0.25, -0.2) is 4.39 Å². The summed E-state index contributed by atoms with van der Waals surface area (Å²) in [6.07, 6.45) is 2.42. The maximum atomic E-state index is 14.0. The van der Waals surface area contributed by atoms with Gasteiger partial charge in [-0.05, 0) is 42.7 Å².